The van der Waals surface area contributed by atoms with Crippen LogP contribution in [0, 0.1) is 0 Å². The predicted molar refractivity (Wildman–Crippen MR) is 82.5 cm³/mol. The summed E-state index contributed by atoms with van der Waals surface area (Å²) in [6, 6.07) is 9.11. The second kappa shape index (κ2) is 6.18. The van der Waals surface area contributed by atoms with Crippen molar-refractivity contribution < 1.29 is 9.53 Å². The van der Waals surface area contributed by atoms with E-state index in [1.807, 2.05) is 30.3 Å². The third-order valence-electron chi connectivity index (χ3n) is 3.99. The molecule has 1 aromatic rings. The number of hydrogen-bond acceptors (Lipinski definition) is 3. The quantitative estimate of drug-likeness (QED) is 0.816. The summed E-state index contributed by atoms with van der Waals surface area (Å²) in [5, 5.41) is 10.4. The topological polar surface area (TPSA) is 55.5 Å². The van der Waals surface area contributed by atoms with Gasteiger partial charge in [-0.2, -0.15) is 0 Å². The van der Waals surface area contributed by atoms with Crippen LogP contribution in [0.5, 0.6) is 0 Å². The van der Waals surface area contributed by atoms with Crippen molar-refractivity contribution in [3.63, 3.8) is 0 Å². The molecular formula is C15H27NO2Si. The van der Waals surface area contributed by atoms with E-state index in [0.717, 1.165) is 5.56 Å². The van der Waals surface area contributed by atoms with Crippen molar-refractivity contribution in [1.29, 1.82) is 0 Å². The minimum absolute atomic E-state index is 0.157. The van der Waals surface area contributed by atoms with Gasteiger partial charge in [-0.25, -0.2) is 0 Å². The normalized spacial score (nSPS) is 16.2. The molecule has 1 aromatic carbocycles. The van der Waals surface area contributed by atoms with Crippen molar-refractivity contribution in [1.82, 2.24) is 0 Å². The van der Waals surface area contributed by atoms with E-state index in [-0.39, 0.29) is 5.04 Å². The first-order chi connectivity index (χ1) is 8.65. The minimum atomic E-state index is -1.81. The number of rotatable bonds is 5. The summed E-state index contributed by atoms with van der Waals surface area (Å²) in [4.78, 5) is 0. The van der Waals surface area contributed by atoms with Crippen LogP contribution in [0.15, 0.2) is 30.3 Å². The summed E-state index contributed by atoms with van der Waals surface area (Å²) in [7, 11) is -1.81. The Balaban J connectivity index is 2.59. The molecule has 0 fully saturated rings. The van der Waals surface area contributed by atoms with Gasteiger partial charge >= 0.3 is 0 Å². The zero-order chi connectivity index (χ0) is 14.7. The first-order valence-electron chi connectivity index (χ1n) is 6.78. The van der Waals surface area contributed by atoms with Gasteiger partial charge < -0.3 is 15.3 Å². The molecule has 2 unspecified atom stereocenters. The molecule has 4 heteroatoms. The average Bonchev–Trinajstić information content (AvgIpc) is 2.35. The van der Waals surface area contributed by atoms with E-state index < -0.39 is 20.5 Å². The first-order valence-corrected chi connectivity index (χ1v) is 9.68. The van der Waals surface area contributed by atoms with Crippen LogP contribution in [0.4, 0.5) is 0 Å². The van der Waals surface area contributed by atoms with Gasteiger partial charge in [-0.05, 0) is 23.7 Å². The number of hydrogen-bond donors (Lipinski definition) is 2. The molecule has 2 atom stereocenters. The molecule has 1 rings (SSSR count). The van der Waals surface area contributed by atoms with Crippen molar-refractivity contribution in [2.45, 2.75) is 51.0 Å². The van der Waals surface area contributed by atoms with Gasteiger partial charge in [0.2, 0.25) is 0 Å². The fourth-order valence-electron chi connectivity index (χ4n) is 1.51. The van der Waals surface area contributed by atoms with Crippen LogP contribution in [0.3, 0.4) is 0 Å². The highest BCUT2D eigenvalue weighted by Crippen LogP contribution is 2.36. The van der Waals surface area contributed by atoms with E-state index in [0.29, 0.717) is 6.61 Å². The van der Waals surface area contributed by atoms with E-state index in [2.05, 4.69) is 33.9 Å². The molecular weight excluding hydrogens is 254 g/mol. The molecule has 0 spiro atoms. The molecule has 0 aromatic heterocycles. The van der Waals surface area contributed by atoms with E-state index in [1.165, 1.54) is 0 Å². The fourth-order valence-corrected chi connectivity index (χ4v) is 2.55. The summed E-state index contributed by atoms with van der Waals surface area (Å²) in [6.07, 6.45) is -0.675. The van der Waals surface area contributed by atoms with E-state index in [1.54, 1.807) is 0 Å². The van der Waals surface area contributed by atoms with Gasteiger partial charge in [0.1, 0.15) is 0 Å². The molecule has 19 heavy (non-hydrogen) atoms. The molecule has 0 radical (unpaired) electrons. The van der Waals surface area contributed by atoms with Crippen LogP contribution in [0.25, 0.3) is 0 Å². The van der Waals surface area contributed by atoms with Gasteiger partial charge in [0.05, 0.1) is 18.8 Å². The van der Waals surface area contributed by atoms with Gasteiger partial charge in [-0.15, -0.1) is 0 Å². The van der Waals surface area contributed by atoms with Crippen LogP contribution in [0.2, 0.25) is 18.1 Å². The second-order valence-electron chi connectivity index (χ2n) is 6.59. The molecule has 0 saturated heterocycles. The molecule has 0 aliphatic rings. The van der Waals surface area contributed by atoms with Gasteiger partial charge in [0.15, 0.2) is 8.32 Å². The molecule has 0 amide bonds. The maximum Gasteiger partial charge on any atom is 0.192 e. The largest absolute Gasteiger partial charge is 0.415 e. The molecule has 0 saturated carbocycles. The lowest BCUT2D eigenvalue weighted by atomic mass is 10.0. The highest BCUT2D eigenvalue weighted by Gasteiger charge is 2.37. The number of aliphatic hydroxyl groups is 1. The fraction of sp³-hybridized carbons (Fsp3) is 0.600. The Labute approximate surface area is 117 Å². The van der Waals surface area contributed by atoms with Gasteiger partial charge in [0.25, 0.3) is 0 Å². The van der Waals surface area contributed by atoms with Crippen LogP contribution in [-0.4, -0.2) is 26.1 Å². The van der Waals surface area contributed by atoms with Crippen molar-refractivity contribution in [2.75, 3.05) is 6.61 Å². The third kappa shape index (κ3) is 4.42. The summed E-state index contributed by atoms with van der Waals surface area (Å²) < 4.78 is 6.05. The number of nitrogens with two attached hydrogens (primary N) is 1. The van der Waals surface area contributed by atoms with Gasteiger partial charge in [0, 0.05) is 0 Å². The molecule has 108 valence electrons. The lowest BCUT2D eigenvalue weighted by molar-refractivity contribution is 0.112. The Kier molecular flexibility index (Phi) is 5.32. The van der Waals surface area contributed by atoms with Crippen molar-refractivity contribution >= 4 is 8.32 Å². The third-order valence-corrected chi connectivity index (χ3v) is 8.49. The average molecular weight is 281 g/mol. The summed E-state index contributed by atoms with van der Waals surface area (Å²) in [5.41, 5.74) is 6.89. The van der Waals surface area contributed by atoms with Crippen LogP contribution < -0.4 is 5.73 Å². The minimum Gasteiger partial charge on any atom is -0.415 e. The lowest BCUT2D eigenvalue weighted by Crippen LogP contribution is -2.45. The molecule has 0 heterocycles. The number of aliphatic hydroxyl groups excluding tert-OH is 1. The number of benzene rings is 1. The first kappa shape index (κ1) is 16.4. The van der Waals surface area contributed by atoms with Crippen molar-refractivity contribution in [2.24, 2.45) is 5.73 Å². The Morgan fingerprint density at radius 1 is 1.21 bits per heavy atom. The molecule has 0 aliphatic carbocycles. The smallest absolute Gasteiger partial charge is 0.192 e. The zero-order valence-electron chi connectivity index (χ0n) is 12.7. The standard InChI is InChI=1S/C15H27NO2Si/c1-15(2,3)19(4,5)18-11-13(16)14(17)12-9-7-6-8-10-12/h6-10,13-14,17H,11,16H2,1-5H3. The Morgan fingerprint density at radius 3 is 2.21 bits per heavy atom. The highest BCUT2D eigenvalue weighted by atomic mass is 28.4. The Bertz CT molecular complexity index is 387. The van der Waals surface area contributed by atoms with Crippen LogP contribution >= 0.6 is 0 Å². The zero-order valence-corrected chi connectivity index (χ0v) is 13.7. The monoisotopic (exact) mass is 281 g/mol. The van der Waals surface area contributed by atoms with Gasteiger partial charge in [-0.1, -0.05) is 51.1 Å². The maximum absolute atomic E-state index is 10.2. The molecule has 0 aliphatic heterocycles. The van der Waals surface area contributed by atoms with E-state index in [4.69, 9.17) is 10.2 Å². The maximum atomic E-state index is 10.2. The second-order valence-corrected chi connectivity index (χ2v) is 11.4. The molecule has 3 nitrogen and oxygen atoms in total. The van der Waals surface area contributed by atoms with Crippen LogP contribution in [-0.2, 0) is 4.43 Å². The Hall–Kier alpha value is -0.683. The summed E-state index contributed by atoms with van der Waals surface area (Å²) >= 11 is 0. The predicted octanol–water partition coefficient (Wildman–Crippen LogP) is 3.07. The molecule has 0 bridgehead atoms. The highest BCUT2D eigenvalue weighted by molar-refractivity contribution is 6.74. The van der Waals surface area contributed by atoms with E-state index in [9.17, 15) is 5.11 Å². The molecule has 3 N–H and O–H groups in total. The SMILES string of the molecule is CC(C)(C)[Si](C)(C)OCC(N)C(O)c1ccccc1. The summed E-state index contributed by atoms with van der Waals surface area (Å²) in [6.45, 7) is 11.4. The van der Waals surface area contributed by atoms with Crippen LogP contribution in [0.1, 0.15) is 32.4 Å². The summed E-state index contributed by atoms with van der Waals surface area (Å²) in [5.74, 6) is 0. The van der Waals surface area contributed by atoms with E-state index >= 15 is 0 Å². The lowest BCUT2D eigenvalue weighted by Gasteiger charge is -2.37. The Morgan fingerprint density at radius 2 is 1.74 bits per heavy atom. The van der Waals surface area contributed by atoms with Gasteiger partial charge in [-0.3, -0.25) is 0 Å². The van der Waals surface area contributed by atoms with Crippen molar-refractivity contribution in [3.05, 3.63) is 35.9 Å². The van der Waals surface area contributed by atoms with Crippen molar-refractivity contribution in [3.8, 4) is 0 Å².